The van der Waals surface area contributed by atoms with Crippen molar-refractivity contribution in [2.24, 2.45) is 0 Å². The van der Waals surface area contributed by atoms with E-state index in [1.807, 2.05) is 31.2 Å². The third-order valence-corrected chi connectivity index (χ3v) is 4.74. The number of hydrogen-bond acceptors (Lipinski definition) is 5. The Balaban J connectivity index is 1.99. The molecule has 5 heteroatoms. The molecule has 3 N–H and O–H groups in total. The van der Waals surface area contributed by atoms with E-state index in [0.29, 0.717) is 12.2 Å². The van der Waals surface area contributed by atoms with Crippen molar-refractivity contribution in [1.82, 2.24) is 9.97 Å². The first-order valence-electron chi connectivity index (χ1n) is 9.34. The molecule has 0 aliphatic rings. The molecule has 5 nitrogen and oxygen atoms in total. The van der Waals surface area contributed by atoms with Crippen molar-refractivity contribution in [2.45, 2.75) is 13.3 Å². The average Bonchev–Trinajstić information content (AvgIpc) is 2.74. The Morgan fingerprint density at radius 1 is 0.586 bits per heavy atom. The van der Waals surface area contributed by atoms with Crippen molar-refractivity contribution >= 4 is 0 Å². The van der Waals surface area contributed by atoms with Gasteiger partial charge >= 0.3 is 0 Å². The van der Waals surface area contributed by atoms with E-state index < -0.39 is 0 Å². The minimum absolute atomic E-state index is 0.184. The third-order valence-electron chi connectivity index (χ3n) is 4.74. The fourth-order valence-corrected chi connectivity index (χ4v) is 3.26. The lowest BCUT2D eigenvalue weighted by molar-refractivity contribution is 0.475. The quantitative estimate of drug-likeness (QED) is 0.453. The highest BCUT2D eigenvalue weighted by Gasteiger charge is 2.18. The van der Waals surface area contributed by atoms with Crippen molar-refractivity contribution < 1.29 is 15.3 Å². The van der Waals surface area contributed by atoms with Crippen LogP contribution in [0.1, 0.15) is 12.6 Å². The number of hydrogen-bond donors (Lipinski definition) is 3. The summed E-state index contributed by atoms with van der Waals surface area (Å²) >= 11 is 0. The highest BCUT2D eigenvalue weighted by Crippen LogP contribution is 2.36. The van der Waals surface area contributed by atoms with E-state index in [-0.39, 0.29) is 17.2 Å². The second kappa shape index (κ2) is 7.64. The maximum atomic E-state index is 9.70. The second-order valence-electron chi connectivity index (χ2n) is 6.71. The molecule has 0 aliphatic carbocycles. The summed E-state index contributed by atoms with van der Waals surface area (Å²) in [6.07, 6.45) is 0.689. The Kier molecular flexibility index (Phi) is 4.87. The molecule has 1 aromatic heterocycles. The van der Waals surface area contributed by atoms with Gasteiger partial charge in [0, 0.05) is 16.7 Å². The molecule has 0 bridgehead atoms. The van der Waals surface area contributed by atoms with Crippen molar-refractivity contribution in [1.29, 1.82) is 0 Å². The van der Waals surface area contributed by atoms with E-state index in [2.05, 4.69) is 0 Å². The van der Waals surface area contributed by atoms with Gasteiger partial charge in [0.1, 0.15) is 17.2 Å². The number of aromatic nitrogens is 2. The summed E-state index contributed by atoms with van der Waals surface area (Å²) in [4.78, 5) is 9.63. The molecule has 0 radical (unpaired) electrons. The van der Waals surface area contributed by atoms with Gasteiger partial charge in [-0.25, -0.2) is 9.97 Å². The number of phenols is 3. The predicted octanol–water partition coefficient (Wildman–Crippen LogP) is 5.16. The van der Waals surface area contributed by atoms with Gasteiger partial charge < -0.3 is 15.3 Å². The van der Waals surface area contributed by atoms with Gasteiger partial charge in [-0.1, -0.05) is 19.1 Å². The Morgan fingerprint density at radius 3 is 1.52 bits per heavy atom. The SMILES string of the molecule is CCc1nc(-c2ccc(O)cc2)nc(-c2ccc(O)cc2)c1-c1ccc(O)cc1. The van der Waals surface area contributed by atoms with Crippen LogP contribution in [0, 0.1) is 0 Å². The summed E-state index contributed by atoms with van der Waals surface area (Å²) in [6.45, 7) is 2.04. The van der Waals surface area contributed by atoms with E-state index in [4.69, 9.17) is 9.97 Å². The molecule has 4 aromatic rings. The molecule has 4 rings (SSSR count). The summed E-state index contributed by atoms with van der Waals surface area (Å²) in [7, 11) is 0. The van der Waals surface area contributed by atoms with Crippen LogP contribution in [0.2, 0.25) is 0 Å². The van der Waals surface area contributed by atoms with E-state index >= 15 is 0 Å². The number of aromatic hydroxyl groups is 3. The average molecular weight is 384 g/mol. The fourth-order valence-electron chi connectivity index (χ4n) is 3.26. The topological polar surface area (TPSA) is 86.5 Å². The van der Waals surface area contributed by atoms with Crippen molar-refractivity contribution in [3.05, 3.63) is 78.5 Å². The van der Waals surface area contributed by atoms with Crippen molar-refractivity contribution in [3.63, 3.8) is 0 Å². The van der Waals surface area contributed by atoms with Crippen molar-refractivity contribution in [3.8, 4) is 51.0 Å². The zero-order valence-corrected chi connectivity index (χ0v) is 15.9. The van der Waals surface area contributed by atoms with Gasteiger partial charge in [-0.05, 0) is 72.6 Å². The van der Waals surface area contributed by atoms with E-state index in [1.54, 1.807) is 48.5 Å². The van der Waals surface area contributed by atoms with Crippen LogP contribution in [0.5, 0.6) is 17.2 Å². The van der Waals surface area contributed by atoms with Gasteiger partial charge in [-0.3, -0.25) is 0 Å². The Morgan fingerprint density at radius 2 is 1.03 bits per heavy atom. The highest BCUT2D eigenvalue weighted by molar-refractivity contribution is 5.84. The van der Waals surface area contributed by atoms with E-state index in [0.717, 1.165) is 33.6 Å². The lowest BCUT2D eigenvalue weighted by Gasteiger charge is -2.16. The molecule has 3 aromatic carbocycles. The molecule has 0 saturated carbocycles. The van der Waals surface area contributed by atoms with Gasteiger partial charge in [-0.15, -0.1) is 0 Å². The molecule has 144 valence electrons. The molecule has 1 heterocycles. The summed E-state index contributed by atoms with van der Waals surface area (Å²) < 4.78 is 0. The van der Waals surface area contributed by atoms with Crippen LogP contribution in [-0.4, -0.2) is 25.3 Å². The van der Waals surface area contributed by atoms with Crippen LogP contribution < -0.4 is 0 Å². The summed E-state index contributed by atoms with van der Waals surface area (Å²) in [5.41, 5.74) is 5.06. The molecule has 0 amide bonds. The first-order chi connectivity index (χ1) is 14.0. The minimum atomic E-state index is 0.184. The molecule has 29 heavy (non-hydrogen) atoms. The number of rotatable bonds is 4. The standard InChI is InChI=1S/C24H20N2O3/c1-2-21-22(15-3-9-18(27)10-4-15)23(16-5-11-19(28)12-6-16)26-24(25-21)17-7-13-20(29)14-8-17/h3-14,27-29H,2H2,1H3. The number of aryl methyl sites for hydroxylation is 1. The maximum Gasteiger partial charge on any atom is 0.160 e. The van der Waals surface area contributed by atoms with Gasteiger partial charge in [0.2, 0.25) is 0 Å². The monoisotopic (exact) mass is 384 g/mol. The smallest absolute Gasteiger partial charge is 0.160 e. The molecule has 0 spiro atoms. The van der Waals surface area contributed by atoms with E-state index in [1.165, 1.54) is 0 Å². The Hall–Kier alpha value is -3.86. The normalized spacial score (nSPS) is 10.8. The van der Waals surface area contributed by atoms with Crippen LogP contribution in [0.3, 0.4) is 0 Å². The lowest BCUT2D eigenvalue weighted by Crippen LogP contribution is -2.02. The molecular weight excluding hydrogens is 364 g/mol. The predicted molar refractivity (Wildman–Crippen MR) is 113 cm³/mol. The van der Waals surface area contributed by atoms with Gasteiger partial charge in [0.05, 0.1) is 11.4 Å². The Labute approximate surface area is 168 Å². The van der Waals surface area contributed by atoms with Gasteiger partial charge in [0.15, 0.2) is 5.82 Å². The van der Waals surface area contributed by atoms with E-state index in [9.17, 15) is 15.3 Å². The summed E-state index contributed by atoms with van der Waals surface area (Å²) in [5, 5.41) is 29.0. The van der Waals surface area contributed by atoms with Crippen LogP contribution in [0.15, 0.2) is 72.8 Å². The van der Waals surface area contributed by atoms with Crippen molar-refractivity contribution in [2.75, 3.05) is 0 Å². The van der Waals surface area contributed by atoms with Gasteiger partial charge in [-0.2, -0.15) is 0 Å². The highest BCUT2D eigenvalue weighted by atomic mass is 16.3. The number of phenolic OH excluding ortho intramolecular Hbond substituents is 3. The first kappa shape index (κ1) is 18.5. The Bertz CT molecular complexity index is 1140. The van der Waals surface area contributed by atoms with Crippen LogP contribution >= 0.6 is 0 Å². The molecule has 0 unspecified atom stereocenters. The fraction of sp³-hybridized carbons (Fsp3) is 0.0833. The summed E-state index contributed by atoms with van der Waals surface area (Å²) in [5.74, 6) is 1.12. The molecule has 0 atom stereocenters. The number of nitrogens with zero attached hydrogens (tertiary/aromatic N) is 2. The van der Waals surface area contributed by atoms with Crippen LogP contribution in [-0.2, 0) is 6.42 Å². The number of benzene rings is 3. The molecular formula is C24H20N2O3. The third kappa shape index (κ3) is 3.75. The van der Waals surface area contributed by atoms with Gasteiger partial charge in [0.25, 0.3) is 0 Å². The maximum absolute atomic E-state index is 9.70. The van der Waals surface area contributed by atoms with Crippen LogP contribution in [0.25, 0.3) is 33.8 Å². The first-order valence-corrected chi connectivity index (χ1v) is 9.34. The summed E-state index contributed by atoms with van der Waals surface area (Å²) in [6, 6.07) is 20.7. The zero-order chi connectivity index (χ0) is 20.4. The molecule has 0 saturated heterocycles. The molecule has 0 aliphatic heterocycles. The molecule has 0 fully saturated rings. The zero-order valence-electron chi connectivity index (χ0n) is 15.9. The minimum Gasteiger partial charge on any atom is -0.508 e. The largest absolute Gasteiger partial charge is 0.508 e. The second-order valence-corrected chi connectivity index (χ2v) is 6.71. The van der Waals surface area contributed by atoms with Crippen LogP contribution in [0.4, 0.5) is 0 Å². The lowest BCUT2D eigenvalue weighted by atomic mass is 9.96.